The lowest BCUT2D eigenvalue weighted by Gasteiger charge is -2.13. The number of hydrogen-bond donors (Lipinski definition) is 0. The monoisotopic (exact) mass is 171 g/mol. The summed E-state index contributed by atoms with van der Waals surface area (Å²) in [7, 11) is 0. The first kappa shape index (κ1) is 8.59. The minimum Gasteiger partial charge on any atom is -0.445 e. The molecule has 0 saturated heterocycles. The van der Waals surface area contributed by atoms with Crippen molar-refractivity contribution >= 4 is 18.1 Å². The normalized spacial score (nSPS) is 10.8. The van der Waals surface area contributed by atoms with Crippen LogP contribution in [0.1, 0.15) is 0 Å². The van der Waals surface area contributed by atoms with Crippen LogP contribution in [0.3, 0.4) is 0 Å². The third-order valence-corrected chi connectivity index (χ3v) is 1.25. The Balaban J connectivity index is 3.13. The molecule has 1 aromatic heterocycles. The number of halogens is 3. The lowest BCUT2D eigenvalue weighted by atomic mass is 9.81. The van der Waals surface area contributed by atoms with Crippen molar-refractivity contribution in [2.24, 2.45) is 0 Å². The van der Waals surface area contributed by atoms with E-state index >= 15 is 0 Å². The molecule has 0 bridgehead atoms. The Morgan fingerprint density at radius 2 is 2.00 bits per heavy atom. The Kier molecular flexibility index (Phi) is 2.04. The molecule has 0 aliphatic rings. The molecule has 1 rings (SSSR count). The molecular weight excluding hydrogens is 168 g/mol. The van der Waals surface area contributed by atoms with Crippen molar-refractivity contribution in [2.45, 2.75) is 0 Å². The van der Waals surface area contributed by atoms with Gasteiger partial charge in [0.1, 0.15) is 0 Å². The lowest BCUT2D eigenvalue weighted by molar-refractivity contribution is 0.501. The molecule has 0 radical (unpaired) electrons. The van der Waals surface area contributed by atoms with Crippen LogP contribution in [0, 0.1) is 6.57 Å². The van der Waals surface area contributed by atoms with Gasteiger partial charge in [0.2, 0.25) is 5.69 Å². The van der Waals surface area contributed by atoms with Crippen LogP contribution in [0.25, 0.3) is 4.85 Å². The second-order valence-electron chi connectivity index (χ2n) is 2.16. The van der Waals surface area contributed by atoms with E-state index < -0.39 is 12.4 Å². The molecule has 0 saturated carbocycles. The molecule has 12 heavy (non-hydrogen) atoms. The second-order valence-corrected chi connectivity index (χ2v) is 2.16. The van der Waals surface area contributed by atoms with Crippen LogP contribution in [0.15, 0.2) is 18.5 Å². The summed E-state index contributed by atoms with van der Waals surface area (Å²) in [6.45, 7) is 1.43. The first-order valence-corrected chi connectivity index (χ1v) is 3.06. The average molecular weight is 171 g/mol. The fourth-order valence-corrected chi connectivity index (χ4v) is 0.685. The number of pyridine rings is 1. The van der Waals surface area contributed by atoms with Crippen molar-refractivity contribution in [3.05, 3.63) is 29.9 Å². The number of nitrogens with zero attached hydrogens (tertiary/aromatic N) is 2. The summed E-state index contributed by atoms with van der Waals surface area (Å²) in [5.41, 5.74) is -0.921. The Morgan fingerprint density at radius 3 is 2.50 bits per heavy atom. The molecule has 0 aliphatic carbocycles. The molecule has 0 N–H and O–H groups in total. The lowest BCUT2D eigenvalue weighted by Crippen LogP contribution is -2.33. The van der Waals surface area contributed by atoms with Gasteiger partial charge in [0.15, 0.2) is 0 Å². The third kappa shape index (κ3) is 1.75. The highest BCUT2D eigenvalue weighted by Crippen LogP contribution is 2.12. The van der Waals surface area contributed by atoms with Crippen LogP contribution in [0.4, 0.5) is 18.6 Å². The second kappa shape index (κ2) is 2.85. The first-order chi connectivity index (χ1) is 5.54. The van der Waals surface area contributed by atoms with Gasteiger partial charge in [-0.2, -0.15) is 0 Å². The first-order valence-electron chi connectivity index (χ1n) is 3.06. The molecule has 1 heterocycles. The van der Waals surface area contributed by atoms with Gasteiger partial charge in [0.25, 0.3) is 0 Å². The van der Waals surface area contributed by atoms with Gasteiger partial charge < -0.3 is 12.9 Å². The molecule has 0 atom stereocenters. The van der Waals surface area contributed by atoms with Crippen LogP contribution in [-0.2, 0) is 0 Å². The van der Waals surface area contributed by atoms with Crippen molar-refractivity contribution in [3.8, 4) is 0 Å². The van der Waals surface area contributed by atoms with Crippen LogP contribution in [-0.4, -0.2) is 12.0 Å². The van der Waals surface area contributed by atoms with Gasteiger partial charge in [-0.25, -0.2) is 4.85 Å². The highest BCUT2D eigenvalue weighted by molar-refractivity contribution is 6.73. The number of rotatable bonds is 1. The van der Waals surface area contributed by atoms with E-state index in [9.17, 15) is 12.9 Å². The minimum atomic E-state index is -5.04. The molecule has 0 aromatic carbocycles. The van der Waals surface area contributed by atoms with Crippen molar-refractivity contribution < 1.29 is 12.9 Å². The zero-order chi connectivity index (χ0) is 9.19. The molecule has 0 unspecified atom stereocenters. The van der Waals surface area contributed by atoms with Crippen molar-refractivity contribution in [2.75, 3.05) is 0 Å². The summed E-state index contributed by atoms with van der Waals surface area (Å²) in [4.78, 5) is 6.15. The van der Waals surface area contributed by atoms with Gasteiger partial charge in [0.05, 0.1) is 6.57 Å². The van der Waals surface area contributed by atoms with Crippen molar-refractivity contribution in [3.63, 3.8) is 0 Å². The average Bonchev–Trinajstić information content (AvgIpc) is 2.03. The molecule has 0 spiro atoms. The molecule has 0 fully saturated rings. The van der Waals surface area contributed by atoms with Gasteiger partial charge >= 0.3 is 6.98 Å². The zero-order valence-corrected chi connectivity index (χ0v) is 5.84. The maximum absolute atomic E-state index is 12.0. The molecule has 0 amide bonds. The predicted octanol–water partition coefficient (Wildman–Crippen LogP) is 1.69. The topological polar surface area (TPSA) is 17.2 Å². The number of hydrogen-bond acceptors (Lipinski definition) is 1. The van der Waals surface area contributed by atoms with Gasteiger partial charge in [-0.1, -0.05) is 6.07 Å². The van der Waals surface area contributed by atoms with Crippen molar-refractivity contribution in [1.82, 2.24) is 4.98 Å². The summed E-state index contributed by atoms with van der Waals surface area (Å²) >= 11 is 0. The van der Waals surface area contributed by atoms with E-state index in [1.807, 2.05) is 0 Å². The standard InChI is InChI=1S/C6H3BF3N2/c1-11-6-2-5(3-12-4-6)7(8,9)10/h2-4H/q-1. The van der Waals surface area contributed by atoms with E-state index in [4.69, 9.17) is 6.57 Å². The Hall–Kier alpha value is -1.51. The van der Waals surface area contributed by atoms with E-state index in [1.165, 1.54) is 0 Å². The van der Waals surface area contributed by atoms with Gasteiger partial charge in [0, 0.05) is 6.20 Å². The van der Waals surface area contributed by atoms with Gasteiger partial charge in [-0.05, 0) is 6.20 Å². The Morgan fingerprint density at radius 1 is 1.33 bits per heavy atom. The summed E-state index contributed by atoms with van der Waals surface area (Å²) in [6, 6.07) is 0.792. The largest absolute Gasteiger partial charge is 0.509 e. The van der Waals surface area contributed by atoms with Crippen LogP contribution < -0.4 is 5.46 Å². The zero-order valence-electron chi connectivity index (χ0n) is 5.84. The summed E-state index contributed by atoms with van der Waals surface area (Å²) < 4.78 is 36.1. The smallest absolute Gasteiger partial charge is 0.445 e. The Bertz CT molecular complexity index is 328. The van der Waals surface area contributed by atoms with Crippen molar-refractivity contribution in [1.29, 1.82) is 0 Å². The highest BCUT2D eigenvalue weighted by atomic mass is 19.4. The summed E-state index contributed by atoms with van der Waals surface area (Å²) in [6.07, 6.45) is 1.81. The minimum absolute atomic E-state index is 0.0910. The molecule has 62 valence electrons. The molecular formula is C6H3BF3N2-. The fraction of sp³-hybridized carbons (Fsp3) is 0. The molecule has 6 heteroatoms. The van der Waals surface area contributed by atoms with Crippen LogP contribution in [0.5, 0.6) is 0 Å². The number of aromatic nitrogens is 1. The Labute approximate surface area is 66.9 Å². The maximum Gasteiger partial charge on any atom is 0.509 e. The van der Waals surface area contributed by atoms with Crippen LogP contribution in [0.2, 0.25) is 0 Å². The molecule has 0 aliphatic heterocycles. The third-order valence-electron chi connectivity index (χ3n) is 1.25. The van der Waals surface area contributed by atoms with E-state index in [1.54, 1.807) is 0 Å². The quantitative estimate of drug-likeness (QED) is 0.464. The van der Waals surface area contributed by atoms with E-state index in [0.717, 1.165) is 12.3 Å². The highest BCUT2D eigenvalue weighted by Gasteiger charge is 2.25. The fourth-order valence-electron chi connectivity index (χ4n) is 0.685. The summed E-state index contributed by atoms with van der Waals surface area (Å²) in [5, 5.41) is 0. The van der Waals surface area contributed by atoms with E-state index in [2.05, 4.69) is 9.83 Å². The van der Waals surface area contributed by atoms with Crippen LogP contribution >= 0.6 is 0 Å². The molecule has 2 nitrogen and oxygen atoms in total. The SMILES string of the molecule is [C-]#[N+]c1cncc([B-](F)(F)F)c1. The van der Waals surface area contributed by atoms with Gasteiger partial charge in [-0.3, -0.25) is 4.98 Å². The predicted molar refractivity (Wildman–Crippen MR) is 39.2 cm³/mol. The molecule has 1 aromatic rings. The van der Waals surface area contributed by atoms with Gasteiger partial charge in [-0.15, -0.1) is 5.46 Å². The van der Waals surface area contributed by atoms with E-state index in [-0.39, 0.29) is 5.69 Å². The maximum atomic E-state index is 12.0. The van der Waals surface area contributed by atoms with E-state index in [0.29, 0.717) is 6.20 Å². The summed E-state index contributed by atoms with van der Waals surface area (Å²) in [5.74, 6) is 0.